The molecule has 5 heteroatoms. The van der Waals surface area contributed by atoms with E-state index in [1.54, 1.807) is 6.20 Å². The number of aromatic nitrogens is 2. The molecule has 1 aliphatic carbocycles. The third kappa shape index (κ3) is 2.31. The second-order valence-electron chi connectivity index (χ2n) is 4.10. The van der Waals surface area contributed by atoms with E-state index in [0.29, 0.717) is 5.69 Å². The Kier molecular flexibility index (Phi) is 2.95. The molecule has 4 nitrogen and oxygen atoms in total. The molecule has 0 amide bonds. The van der Waals surface area contributed by atoms with Crippen LogP contribution in [0, 0.1) is 5.92 Å². The monoisotopic (exact) mass is 226 g/mol. The maximum Gasteiger partial charge on any atom is 0.224 e. The summed E-state index contributed by atoms with van der Waals surface area (Å²) in [6.07, 6.45) is 5.52. The van der Waals surface area contributed by atoms with Crippen LogP contribution in [0.1, 0.15) is 19.3 Å². The van der Waals surface area contributed by atoms with Gasteiger partial charge in [-0.3, -0.25) is 0 Å². The van der Waals surface area contributed by atoms with Crippen LogP contribution in [0.3, 0.4) is 0 Å². The molecule has 1 aromatic heterocycles. The molecular formula is C10H15ClN4. The van der Waals surface area contributed by atoms with E-state index in [1.165, 1.54) is 19.3 Å². The van der Waals surface area contributed by atoms with Gasteiger partial charge < -0.3 is 10.6 Å². The molecule has 1 saturated carbocycles. The summed E-state index contributed by atoms with van der Waals surface area (Å²) in [6.45, 7) is 0.998. The Morgan fingerprint density at radius 1 is 1.60 bits per heavy atom. The van der Waals surface area contributed by atoms with Crippen molar-refractivity contribution in [3.63, 3.8) is 0 Å². The van der Waals surface area contributed by atoms with Crippen LogP contribution in [0.2, 0.25) is 5.28 Å². The molecule has 0 aliphatic heterocycles. The molecule has 15 heavy (non-hydrogen) atoms. The molecule has 1 aromatic rings. The Labute approximate surface area is 94.5 Å². The number of anilines is 2. The average Bonchev–Trinajstić information content (AvgIpc) is 2.15. The van der Waals surface area contributed by atoms with Gasteiger partial charge in [-0.25, -0.2) is 4.98 Å². The van der Waals surface area contributed by atoms with Gasteiger partial charge in [-0.05, 0) is 30.4 Å². The number of halogens is 1. The van der Waals surface area contributed by atoms with Gasteiger partial charge in [0, 0.05) is 13.6 Å². The summed E-state index contributed by atoms with van der Waals surface area (Å²) in [5.74, 6) is 1.52. The summed E-state index contributed by atoms with van der Waals surface area (Å²) in [5, 5.41) is 0.250. The summed E-state index contributed by atoms with van der Waals surface area (Å²) >= 11 is 5.74. The van der Waals surface area contributed by atoms with E-state index < -0.39 is 0 Å². The van der Waals surface area contributed by atoms with E-state index in [0.717, 1.165) is 18.3 Å². The normalized spacial score (nSPS) is 16.1. The van der Waals surface area contributed by atoms with Gasteiger partial charge in [-0.1, -0.05) is 6.42 Å². The minimum atomic E-state index is 0.250. The predicted molar refractivity (Wildman–Crippen MR) is 62.1 cm³/mol. The maximum absolute atomic E-state index is 5.80. The van der Waals surface area contributed by atoms with Crippen molar-refractivity contribution in [2.75, 3.05) is 24.2 Å². The molecule has 82 valence electrons. The SMILES string of the molecule is CN(CC1CCC1)c1nc(Cl)ncc1N. The molecule has 0 spiro atoms. The molecule has 0 radical (unpaired) electrons. The van der Waals surface area contributed by atoms with Crippen LogP contribution in [0.25, 0.3) is 0 Å². The van der Waals surface area contributed by atoms with Crippen LogP contribution < -0.4 is 10.6 Å². The summed E-state index contributed by atoms with van der Waals surface area (Å²) in [7, 11) is 1.99. The quantitative estimate of drug-likeness (QED) is 0.801. The average molecular weight is 227 g/mol. The Hall–Kier alpha value is -1.03. The maximum atomic E-state index is 5.80. The van der Waals surface area contributed by atoms with Crippen molar-refractivity contribution in [1.29, 1.82) is 0 Å². The number of nitrogen functional groups attached to an aromatic ring is 1. The van der Waals surface area contributed by atoms with Crippen molar-refractivity contribution < 1.29 is 0 Å². The van der Waals surface area contributed by atoms with Crippen LogP contribution in [-0.2, 0) is 0 Å². The fraction of sp³-hybridized carbons (Fsp3) is 0.600. The largest absolute Gasteiger partial charge is 0.394 e. The van der Waals surface area contributed by atoms with E-state index >= 15 is 0 Å². The van der Waals surface area contributed by atoms with Gasteiger partial charge in [0.1, 0.15) is 0 Å². The number of hydrogen-bond acceptors (Lipinski definition) is 4. The molecule has 1 aliphatic rings. The summed E-state index contributed by atoms with van der Waals surface area (Å²) in [6, 6.07) is 0. The van der Waals surface area contributed by atoms with Gasteiger partial charge in [-0.15, -0.1) is 0 Å². The van der Waals surface area contributed by atoms with Gasteiger partial charge >= 0.3 is 0 Å². The first-order valence-electron chi connectivity index (χ1n) is 5.16. The third-order valence-electron chi connectivity index (χ3n) is 2.88. The number of nitrogens with two attached hydrogens (primary N) is 1. The van der Waals surface area contributed by atoms with Crippen LogP contribution in [0.4, 0.5) is 11.5 Å². The van der Waals surface area contributed by atoms with Crippen LogP contribution in [0.15, 0.2) is 6.20 Å². The summed E-state index contributed by atoms with van der Waals surface area (Å²) in [4.78, 5) is 10.0. The number of hydrogen-bond donors (Lipinski definition) is 1. The van der Waals surface area contributed by atoms with E-state index in [4.69, 9.17) is 17.3 Å². The Morgan fingerprint density at radius 2 is 2.33 bits per heavy atom. The molecule has 0 saturated heterocycles. The van der Waals surface area contributed by atoms with Crippen molar-refractivity contribution >= 4 is 23.1 Å². The van der Waals surface area contributed by atoms with E-state index in [2.05, 4.69) is 14.9 Å². The second kappa shape index (κ2) is 4.23. The van der Waals surface area contributed by atoms with Crippen molar-refractivity contribution in [2.45, 2.75) is 19.3 Å². The zero-order valence-electron chi connectivity index (χ0n) is 8.78. The summed E-state index contributed by atoms with van der Waals surface area (Å²) < 4.78 is 0. The van der Waals surface area contributed by atoms with E-state index in [1.807, 2.05) is 7.05 Å². The lowest BCUT2D eigenvalue weighted by atomic mass is 9.85. The minimum absolute atomic E-state index is 0.250. The first-order chi connectivity index (χ1) is 7.16. The van der Waals surface area contributed by atoms with Gasteiger partial charge in [0.15, 0.2) is 5.82 Å². The van der Waals surface area contributed by atoms with Gasteiger partial charge in [0.25, 0.3) is 0 Å². The highest BCUT2D eigenvalue weighted by molar-refractivity contribution is 6.28. The number of rotatable bonds is 3. The van der Waals surface area contributed by atoms with Gasteiger partial charge in [-0.2, -0.15) is 4.98 Å². The minimum Gasteiger partial charge on any atom is -0.394 e. The predicted octanol–water partition coefficient (Wildman–Crippen LogP) is 1.95. The molecular weight excluding hydrogens is 212 g/mol. The molecule has 1 fully saturated rings. The first kappa shape index (κ1) is 10.5. The molecule has 0 atom stereocenters. The van der Waals surface area contributed by atoms with Crippen molar-refractivity contribution in [2.24, 2.45) is 5.92 Å². The molecule has 0 aromatic carbocycles. The molecule has 2 N–H and O–H groups in total. The molecule has 2 rings (SSSR count). The molecule has 1 heterocycles. The zero-order chi connectivity index (χ0) is 10.8. The van der Waals surface area contributed by atoms with Crippen molar-refractivity contribution in [1.82, 2.24) is 9.97 Å². The lowest BCUT2D eigenvalue weighted by Gasteiger charge is -2.31. The fourth-order valence-electron chi connectivity index (χ4n) is 1.82. The van der Waals surface area contributed by atoms with E-state index in [-0.39, 0.29) is 5.28 Å². The number of nitrogens with zero attached hydrogens (tertiary/aromatic N) is 3. The van der Waals surface area contributed by atoms with Crippen LogP contribution >= 0.6 is 11.6 Å². The van der Waals surface area contributed by atoms with Crippen LogP contribution in [0.5, 0.6) is 0 Å². The highest BCUT2D eigenvalue weighted by Gasteiger charge is 2.20. The summed E-state index contributed by atoms with van der Waals surface area (Å²) in [5.41, 5.74) is 6.38. The Morgan fingerprint density at radius 3 is 2.93 bits per heavy atom. The Balaban J connectivity index is 2.09. The van der Waals surface area contributed by atoms with Crippen molar-refractivity contribution in [3.8, 4) is 0 Å². The Bertz CT molecular complexity index is 351. The molecule has 0 unspecified atom stereocenters. The lowest BCUT2D eigenvalue weighted by Crippen LogP contribution is -2.30. The highest BCUT2D eigenvalue weighted by Crippen LogP contribution is 2.29. The highest BCUT2D eigenvalue weighted by atomic mass is 35.5. The lowest BCUT2D eigenvalue weighted by molar-refractivity contribution is 0.321. The third-order valence-corrected chi connectivity index (χ3v) is 3.07. The topological polar surface area (TPSA) is 55.0 Å². The zero-order valence-corrected chi connectivity index (χ0v) is 9.54. The second-order valence-corrected chi connectivity index (χ2v) is 4.43. The van der Waals surface area contributed by atoms with Crippen LogP contribution in [-0.4, -0.2) is 23.6 Å². The van der Waals surface area contributed by atoms with E-state index in [9.17, 15) is 0 Å². The first-order valence-corrected chi connectivity index (χ1v) is 5.54. The fourth-order valence-corrected chi connectivity index (χ4v) is 1.95. The standard InChI is InChI=1S/C10H15ClN4/c1-15(6-7-3-2-4-7)9-8(12)5-13-10(11)14-9/h5,7H,2-4,6,12H2,1H3. The molecule has 0 bridgehead atoms. The smallest absolute Gasteiger partial charge is 0.224 e. The van der Waals surface area contributed by atoms with Gasteiger partial charge in [0.2, 0.25) is 5.28 Å². The van der Waals surface area contributed by atoms with Gasteiger partial charge in [0.05, 0.1) is 11.9 Å². The van der Waals surface area contributed by atoms with Crippen molar-refractivity contribution in [3.05, 3.63) is 11.5 Å².